The minimum absolute atomic E-state index is 0.351. The van der Waals surface area contributed by atoms with Gasteiger partial charge in [0, 0.05) is 5.75 Å². The van der Waals surface area contributed by atoms with E-state index in [2.05, 4.69) is 0 Å². The summed E-state index contributed by atoms with van der Waals surface area (Å²) in [5, 5.41) is 7.91. The molecule has 0 aromatic carbocycles. The highest BCUT2D eigenvalue weighted by Crippen LogP contribution is 2.18. The van der Waals surface area contributed by atoms with Crippen molar-refractivity contribution in [2.24, 2.45) is 0 Å². The maximum Gasteiger partial charge on any atom is 0.289 e. The monoisotopic (exact) mass is 187 g/mol. The molecule has 0 spiro atoms. The number of aliphatic hydroxyl groups is 1. The first-order valence-electron chi connectivity index (χ1n) is 2.90. The van der Waals surface area contributed by atoms with Crippen LogP contribution in [-0.4, -0.2) is 31.0 Å². The maximum absolute atomic E-state index is 12.2. The van der Waals surface area contributed by atoms with Crippen molar-refractivity contribution < 1.29 is 22.3 Å². The molecule has 0 aliphatic rings. The second-order valence-electron chi connectivity index (χ2n) is 2.07. The largest absolute Gasteiger partial charge is 0.384 e. The van der Waals surface area contributed by atoms with Gasteiger partial charge in [-0.1, -0.05) is 6.92 Å². The van der Waals surface area contributed by atoms with Gasteiger partial charge >= 0.3 is 0 Å². The van der Waals surface area contributed by atoms with Crippen LogP contribution in [-0.2, 0) is 9.84 Å². The third-order valence-electron chi connectivity index (χ3n) is 1.04. The van der Waals surface area contributed by atoms with Crippen LogP contribution in [0.3, 0.4) is 0 Å². The van der Waals surface area contributed by atoms with Crippen molar-refractivity contribution in [1.82, 2.24) is 0 Å². The fourth-order valence-corrected chi connectivity index (χ4v) is 1.30. The van der Waals surface area contributed by atoms with Gasteiger partial charge in [-0.3, -0.25) is 0 Å². The summed E-state index contributed by atoms with van der Waals surface area (Å²) in [7, 11) is -3.73. The van der Waals surface area contributed by atoms with Gasteiger partial charge < -0.3 is 5.11 Å². The van der Waals surface area contributed by atoms with E-state index in [1.54, 1.807) is 0 Å². The minimum Gasteiger partial charge on any atom is -0.384 e. The standard InChI is InChI=1S/C5H9F2O3S/c1-2-11(9,10)4-5(6,7)3-8/h3,8H,2,4H2,1H3. The topological polar surface area (TPSA) is 54.4 Å². The van der Waals surface area contributed by atoms with Crippen molar-refractivity contribution in [3.63, 3.8) is 0 Å². The molecule has 1 radical (unpaired) electrons. The first kappa shape index (κ1) is 10.8. The Kier molecular flexibility index (Phi) is 3.37. The van der Waals surface area contributed by atoms with Crippen LogP contribution in [0.1, 0.15) is 6.92 Å². The van der Waals surface area contributed by atoms with Gasteiger partial charge in [-0.2, -0.15) is 0 Å². The summed E-state index contributed by atoms with van der Waals surface area (Å²) < 4.78 is 45.4. The highest BCUT2D eigenvalue weighted by molar-refractivity contribution is 7.91. The average molecular weight is 187 g/mol. The SMILES string of the molecule is CCS(=O)(=O)CC(F)(F)[CH]O. The molecular weight excluding hydrogens is 178 g/mol. The Morgan fingerprint density at radius 2 is 2.00 bits per heavy atom. The Balaban J connectivity index is 4.26. The van der Waals surface area contributed by atoms with Crippen LogP contribution in [0.5, 0.6) is 0 Å². The molecule has 0 aliphatic carbocycles. The zero-order valence-electron chi connectivity index (χ0n) is 5.92. The van der Waals surface area contributed by atoms with Gasteiger partial charge in [0.05, 0.1) is 0 Å². The molecule has 0 fully saturated rings. The fraction of sp³-hybridized carbons (Fsp3) is 0.800. The number of hydrogen-bond acceptors (Lipinski definition) is 3. The van der Waals surface area contributed by atoms with Crippen molar-refractivity contribution in [3.05, 3.63) is 6.61 Å². The Morgan fingerprint density at radius 3 is 2.27 bits per heavy atom. The molecule has 0 bridgehead atoms. The number of aliphatic hydroxyl groups excluding tert-OH is 1. The lowest BCUT2D eigenvalue weighted by Gasteiger charge is -2.10. The molecule has 3 nitrogen and oxygen atoms in total. The van der Waals surface area contributed by atoms with E-state index in [1.807, 2.05) is 0 Å². The van der Waals surface area contributed by atoms with Gasteiger partial charge in [-0.25, -0.2) is 17.2 Å². The van der Waals surface area contributed by atoms with E-state index in [0.717, 1.165) is 0 Å². The normalized spacial score (nSPS) is 13.5. The first-order valence-corrected chi connectivity index (χ1v) is 4.72. The van der Waals surface area contributed by atoms with Crippen LogP contribution in [0, 0.1) is 6.61 Å². The van der Waals surface area contributed by atoms with Crippen LogP contribution in [0.15, 0.2) is 0 Å². The van der Waals surface area contributed by atoms with Gasteiger partial charge in [-0.15, -0.1) is 0 Å². The zero-order valence-corrected chi connectivity index (χ0v) is 6.74. The summed E-state index contributed by atoms with van der Waals surface area (Å²) in [6.07, 6.45) is 0. The molecule has 11 heavy (non-hydrogen) atoms. The summed E-state index contributed by atoms with van der Waals surface area (Å²) in [5.41, 5.74) is 0. The van der Waals surface area contributed by atoms with E-state index in [-0.39, 0.29) is 5.75 Å². The fourth-order valence-electron chi connectivity index (χ4n) is 0.433. The van der Waals surface area contributed by atoms with Crippen molar-refractivity contribution in [2.45, 2.75) is 12.8 Å². The smallest absolute Gasteiger partial charge is 0.289 e. The predicted molar refractivity (Wildman–Crippen MR) is 35.5 cm³/mol. The van der Waals surface area contributed by atoms with Crippen molar-refractivity contribution in [1.29, 1.82) is 0 Å². The van der Waals surface area contributed by atoms with Crippen LogP contribution in [0.4, 0.5) is 8.78 Å². The highest BCUT2D eigenvalue weighted by Gasteiger charge is 2.34. The summed E-state index contributed by atoms with van der Waals surface area (Å²) in [4.78, 5) is 0. The van der Waals surface area contributed by atoms with Crippen LogP contribution in [0.25, 0.3) is 0 Å². The van der Waals surface area contributed by atoms with Gasteiger partial charge in [0.2, 0.25) is 0 Å². The van der Waals surface area contributed by atoms with E-state index in [1.165, 1.54) is 6.92 Å². The molecule has 0 saturated heterocycles. The van der Waals surface area contributed by atoms with E-state index in [0.29, 0.717) is 0 Å². The van der Waals surface area contributed by atoms with E-state index < -0.39 is 28.1 Å². The molecule has 0 aliphatic heterocycles. The third kappa shape index (κ3) is 4.26. The highest BCUT2D eigenvalue weighted by atomic mass is 32.2. The van der Waals surface area contributed by atoms with Crippen molar-refractivity contribution in [2.75, 3.05) is 11.5 Å². The summed E-state index contributed by atoms with van der Waals surface area (Å²) >= 11 is 0. The molecular formula is C5H9F2O3S. The Hall–Kier alpha value is -0.230. The number of sulfone groups is 1. The molecule has 0 aromatic heterocycles. The number of rotatable bonds is 4. The number of hydrogen-bond donors (Lipinski definition) is 1. The lowest BCUT2D eigenvalue weighted by atomic mass is 10.4. The Labute approximate surface area is 63.9 Å². The van der Waals surface area contributed by atoms with Gasteiger partial charge in [0.1, 0.15) is 5.75 Å². The molecule has 67 valence electrons. The molecule has 0 rings (SSSR count). The molecule has 0 heterocycles. The van der Waals surface area contributed by atoms with Crippen molar-refractivity contribution in [3.8, 4) is 0 Å². The number of alkyl halides is 2. The van der Waals surface area contributed by atoms with E-state index in [4.69, 9.17) is 5.11 Å². The second-order valence-corrected chi connectivity index (χ2v) is 4.42. The van der Waals surface area contributed by atoms with Gasteiger partial charge in [0.25, 0.3) is 5.92 Å². The summed E-state index contributed by atoms with van der Waals surface area (Å²) in [6, 6.07) is 0. The average Bonchev–Trinajstić information content (AvgIpc) is 1.86. The maximum atomic E-state index is 12.2. The van der Waals surface area contributed by atoms with Crippen LogP contribution < -0.4 is 0 Å². The van der Waals surface area contributed by atoms with Gasteiger partial charge in [0.15, 0.2) is 16.4 Å². The lowest BCUT2D eigenvalue weighted by molar-refractivity contribution is 0.0143. The molecule has 0 amide bonds. The quantitative estimate of drug-likeness (QED) is 0.700. The van der Waals surface area contributed by atoms with E-state index >= 15 is 0 Å². The third-order valence-corrected chi connectivity index (χ3v) is 2.75. The van der Waals surface area contributed by atoms with Crippen LogP contribution in [0.2, 0.25) is 0 Å². The summed E-state index contributed by atoms with van der Waals surface area (Å²) in [5.74, 6) is -5.31. The minimum atomic E-state index is -3.73. The molecule has 0 saturated carbocycles. The number of halogens is 2. The molecule has 0 atom stereocenters. The van der Waals surface area contributed by atoms with E-state index in [9.17, 15) is 17.2 Å². The second kappa shape index (κ2) is 3.44. The molecule has 0 unspecified atom stereocenters. The van der Waals surface area contributed by atoms with Crippen LogP contribution >= 0.6 is 0 Å². The van der Waals surface area contributed by atoms with Gasteiger partial charge in [-0.05, 0) is 0 Å². The zero-order chi connectivity index (χ0) is 9.12. The Bertz CT molecular complexity index is 210. The predicted octanol–water partition coefficient (Wildman–Crippen LogP) is 0.591. The lowest BCUT2D eigenvalue weighted by Crippen LogP contribution is -2.29. The molecule has 0 aromatic rings. The van der Waals surface area contributed by atoms with Crippen molar-refractivity contribution >= 4 is 9.84 Å². The Morgan fingerprint density at radius 1 is 1.55 bits per heavy atom. The molecule has 6 heteroatoms. The first-order chi connectivity index (χ1) is 4.83. The molecule has 1 N–H and O–H groups in total. The summed E-state index contributed by atoms with van der Waals surface area (Å²) in [6.45, 7) is 0.864.